The number of alkyl halides is 3. The summed E-state index contributed by atoms with van der Waals surface area (Å²) in [5.74, 6) is -0.568. The largest absolute Gasteiger partial charge is 0.416 e. The van der Waals surface area contributed by atoms with E-state index in [1.165, 1.54) is 6.92 Å². The standard InChI is InChI=1S/C13H17F3N2O3S/c1-8(2)18-12(19)7-17-22(20,21)10-5-4-9(3)11(6-10)13(14,15)16/h4-6,8,17H,7H2,1-3H3,(H,18,19). The molecule has 0 aromatic heterocycles. The molecule has 0 fully saturated rings. The maximum absolute atomic E-state index is 12.8. The normalized spacial score (nSPS) is 12.5. The first-order valence-electron chi connectivity index (χ1n) is 6.40. The highest BCUT2D eigenvalue weighted by molar-refractivity contribution is 7.89. The second-order valence-electron chi connectivity index (χ2n) is 5.02. The Morgan fingerprint density at radius 1 is 1.27 bits per heavy atom. The molecular formula is C13H17F3N2O3S. The number of halogens is 3. The summed E-state index contributed by atoms with van der Waals surface area (Å²) in [5.41, 5.74) is -1.11. The fourth-order valence-corrected chi connectivity index (χ4v) is 2.70. The van der Waals surface area contributed by atoms with E-state index < -0.39 is 39.1 Å². The number of aryl methyl sites for hydroxylation is 1. The molecule has 1 aromatic rings. The Labute approximate surface area is 127 Å². The topological polar surface area (TPSA) is 75.3 Å². The zero-order valence-electron chi connectivity index (χ0n) is 12.3. The number of nitrogens with one attached hydrogen (secondary N) is 2. The van der Waals surface area contributed by atoms with Crippen LogP contribution in [0.5, 0.6) is 0 Å². The predicted molar refractivity (Wildman–Crippen MR) is 74.6 cm³/mol. The SMILES string of the molecule is Cc1ccc(S(=O)(=O)NCC(=O)NC(C)C)cc1C(F)(F)F. The van der Waals surface area contributed by atoms with Crippen LogP contribution in [-0.2, 0) is 21.0 Å². The monoisotopic (exact) mass is 338 g/mol. The predicted octanol–water partition coefficient (Wildman–Crippen LogP) is 1.82. The summed E-state index contributed by atoms with van der Waals surface area (Å²) in [5, 5.41) is 2.47. The van der Waals surface area contributed by atoms with Crippen LogP contribution in [0.25, 0.3) is 0 Å². The van der Waals surface area contributed by atoms with E-state index in [1.54, 1.807) is 13.8 Å². The van der Waals surface area contributed by atoms with Gasteiger partial charge in [0.15, 0.2) is 0 Å². The fraction of sp³-hybridized carbons (Fsp3) is 0.462. The maximum Gasteiger partial charge on any atom is 0.416 e. The van der Waals surface area contributed by atoms with Crippen LogP contribution in [0.2, 0.25) is 0 Å². The van der Waals surface area contributed by atoms with Crippen molar-refractivity contribution in [2.75, 3.05) is 6.54 Å². The molecule has 5 nitrogen and oxygen atoms in total. The van der Waals surface area contributed by atoms with Gasteiger partial charge in [0.05, 0.1) is 17.0 Å². The van der Waals surface area contributed by atoms with Crippen LogP contribution in [0.3, 0.4) is 0 Å². The van der Waals surface area contributed by atoms with Crippen molar-refractivity contribution < 1.29 is 26.4 Å². The Hall–Kier alpha value is -1.61. The van der Waals surface area contributed by atoms with Gasteiger partial charge in [-0.25, -0.2) is 13.1 Å². The van der Waals surface area contributed by atoms with Crippen LogP contribution < -0.4 is 10.0 Å². The summed E-state index contributed by atoms with van der Waals surface area (Å²) in [6.07, 6.45) is -4.65. The van der Waals surface area contributed by atoms with Gasteiger partial charge < -0.3 is 5.32 Å². The number of benzene rings is 1. The van der Waals surface area contributed by atoms with Crippen molar-refractivity contribution in [1.82, 2.24) is 10.0 Å². The Morgan fingerprint density at radius 2 is 1.86 bits per heavy atom. The molecular weight excluding hydrogens is 321 g/mol. The van der Waals surface area contributed by atoms with Crippen LogP contribution in [0, 0.1) is 6.92 Å². The van der Waals surface area contributed by atoms with Gasteiger partial charge >= 0.3 is 6.18 Å². The van der Waals surface area contributed by atoms with Gasteiger partial charge in [-0.15, -0.1) is 0 Å². The van der Waals surface area contributed by atoms with Gasteiger partial charge in [0, 0.05) is 6.04 Å². The van der Waals surface area contributed by atoms with Gasteiger partial charge in [-0.3, -0.25) is 4.79 Å². The van der Waals surface area contributed by atoms with E-state index in [-0.39, 0.29) is 11.6 Å². The molecule has 0 unspecified atom stereocenters. The molecule has 0 saturated carbocycles. The van der Waals surface area contributed by atoms with Crippen molar-refractivity contribution in [3.05, 3.63) is 29.3 Å². The molecule has 0 bridgehead atoms. The lowest BCUT2D eigenvalue weighted by molar-refractivity contribution is -0.138. The molecule has 1 amide bonds. The molecule has 0 heterocycles. The van der Waals surface area contributed by atoms with Crippen molar-refractivity contribution in [1.29, 1.82) is 0 Å². The molecule has 0 radical (unpaired) electrons. The van der Waals surface area contributed by atoms with Gasteiger partial charge in [-0.2, -0.15) is 13.2 Å². The lowest BCUT2D eigenvalue weighted by atomic mass is 10.1. The average Bonchev–Trinajstić information content (AvgIpc) is 2.34. The Kier molecular flexibility index (Phi) is 5.58. The highest BCUT2D eigenvalue weighted by Crippen LogP contribution is 2.33. The summed E-state index contributed by atoms with van der Waals surface area (Å²) < 4.78 is 64.3. The third-order valence-corrected chi connectivity index (χ3v) is 4.10. The van der Waals surface area contributed by atoms with Crippen molar-refractivity contribution in [3.8, 4) is 0 Å². The number of hydrogen-bond donors (Lipinski definition) is 2. The molecule has 1 rings (SSSR count). The van der Waals surface area contributed by atoms with Gasteiger partial charge in [0.1, 0.15) is 0 Å². The van der Waals surface area contributed by atoms with E-state index in [9.17, 15) is 26.4 Å². The van der Waals surface area contributed by atoms with Crippen LogP contribution in [0.4, 0.5) is 13.2 Å². The minimum Gasteiger partial charge on any atom is -0.353 e. The summed E-state index contributed by atoms with van der Waals surface area (Å²) in [4.78, 5) is 10.9. The number of amides is 1. The quantitative estimate of drug-likeness (QED) is 0.860. The molecule has 0 aliphatic heterocycles. The lowest BCUT2D eigenvalue weighted by Crippen LogP contribution is -2.39. The Morgan fingerprint density at radius 3 is 2.36 bits per heavy atom. The maximum atomic E-state index is 12.8. The van der Waals surface area contributed by atoms with Gasteiger partial charge in [-0.1, -0.05) is 6.07 Å². The van der Waals surface area contributed by atoms with Crippen molar-refractivity contribution in [2.45, 2.75) is 37.9 Å². The van der Waals surface area contributed by atoms with Crippen molar-refractivity contribution in [2.24, 2.45) is 0 Å². The third kappa shape index (κ3) is 4.99. The lowest BCUT2D eigenvalue weighted by Gasteiger charge is -2.13. The van der Waals surface area contributed by atoms with E-state index in [2.05, 4.69) is 5.32 Å². The molecule has 0 aliphatic rings. The molecule has 0 saturated heterocycles. The van der Waals surface area contributed by atoms with Gasteiger partial charge in [0.2, 0.25) is 15.9 Å². The third-order valence-electron chi connectivity index (χ3n) is 2.70. The fourth-order valence-electron chi connectivity index (χ4n) is 1.69. The van der Waals surface area contributed by atoms with E-state index in [4.69, 9.17) is 0 Å². The Balaban J connectivity index is 2.97. The highest BCUT2D eigenvalue weighted by atomic mass is 32.2. The Bertz CT molecular complexity index is 655. The molecule has 22 heavy (non-hydrogen) atoms. The van der Waals surface area contributed by atoms with E-state index in [0.29, 0.717) is 6.07 Å². The number of carbonyl (C=O) groups excluding carboxylic acids is 1. The molecule has 2 N–H and O–H groups in total. The number of sulfonamides is 1. The second kappa shape index (κ2) is 6.66. The minimum atomic E-state index is -4.65. The van der Waals surface area contributed by atoms with Crippen LogP contribution in [0.1, 0.15) is 25.0 Å². The summed E-state index contributed by atoms with van der Waals surface area (Å²) in [6, 6.07) is 2.52. The second-order valence-corrected chi connectivity index (χ2v) is 6.79. The first-order valence-corrected chi connectivity index (χ1v) is 7.88. The highest BCUT2D eigenvalue weighted by Gasteiger charge is 2.33. The molecule has 0 spiro atoms. The van der Waals surface area contributed by atoms with E-state index >= 15 is 0 Å². The summed E-state index contributed by atoms with van der Waals surface area (Å²) in [6.45, 7) is 4.09. The van der Waals surface area contributed by atoms with E-state index in [0.717, 1.165) is 12.1 Å². The number of hydrogen-bond acceptors (Lipinski definition) is 3. The van der Waals surface area contributed by atoms with Crippen molar-refractivity contribution in [3.63, 3.8) is 0 Å². The first kappa shape index (κ1) is 18.4. The minimum absolute atomic E-state index is 0.0796. The number of carbonyl (C=O) groups is 1. The molecule has 124 valence electrons. The molecule has 1 aromatic carbocycles. The summed E-state index contributed by atoms with van der Waals surface area (Å²) in [7, 11) is -4.20. The molecule has 0 atom stereocenters. The smallest absolute Gasteiger partial charge is 0.353 e. The summed E-state index contributed by atoms with van der Waals surface area (Å²) >= 11 is 0. The average molecular weight is 338 g/mol. The zero-order valence-corrected chi connectivity index (χ0v) is 13.1. The van der Waals surface area contributed by atoms with E-state index in [1.807, 2.05) is 4.72 Å². The molecule has 0 aliphatic carbocycles. The van der Waals surface area contributed by atoms with Gasteiger partial charge in [-0.05, 0) is 38.5 Å². The van der Waals surface area contributed by atoms with Crippen LogP contribution >= 0.6 is 0 Å². The van der Waals surface area contributed by atoms with Gasteiger partial charge in [0.25, 0.3) is 0 Å². The van der Waals surface area contributed by atoms with Crippen LogP contribution in [-0.4, -0.2) is 26.9 Å². The first-order chi connectivity index (χ1) is 9.93. The zero-order chi connectivity index (χ0) is 17.1. The molecule has 9 heteroatoms. The number of rotatable bonds is 5. The van der Waals surface area contributed by atoms with Crippen LogP contribution in [0.15, 0.2) is 23.1 Å². The van der Waals surface area contributed by atoms with Crippen molar-refractivity contribution >= 4 is 15.9 Å².